The van der Waals surface area contributed by atoms with Crippen molar-refractivity contribution in [3.8, 4) is 0 Å². The average Bonchev–Trinajstić information content (AvgIpc) is 3.42. The minimum Gasteiger partial charge on any atom is -1.00 e. The predicted octanol–water partition coefficient (Wildman–Crippen LogP) is 1.89. The Bertz CT molecular complexity index is 876. The van der Waals surface area contributed by atoms with Crippen molar-refractivity contribution in [1.29, 1.82) is 0 Å². The van der Waals surface area contributed by atoms with E-state index < -0.39 is 23.2 Å². The third-order valence-electron chi connectivity index (χ3n) is 6.21. The van der Waals surface area contributed by atoms with Crippen LogP contribution in [0.25, 0.3) is 0 Å². The maximum Gasteiger partial charge on any atom is -1.00 e. The summed E-state index contributed by atoms with van der Waals surface area (Å²) in [4.78, 5) is 0. The van der Waals surface area contributed by atoms with Gasteiger partial charge in [0.1, 0.15) is 0 Å². The van der Waals surface area contributed by atoms with E-state index in [1.807, 2.05) is 0 Å². The van der Waals surface area contributed by atoms with E-state index in [4.69, 9.17) is 0 Å². The molecule has 0 bridgehead atoms. The van der Waals surface area contributed by atoms with Crippen molar-refractivity contribution in [3.05, 3.63) is 114 Å². The third-order valence-corrected chi connectivity index (χ3v) is 10.1. The first kappa shape index (κ1) is 26.1. The molecule has 0 fully saturated rings. The van der Waals surface area contributed by atoms with Crippen LogP contribution in [-0.2, 0) is 23.2 Å². The molecule has 2 aliphatic rings. The van der Waals surface area contributed by atoms with E-state index in [-0.39, 0.29) is 24.8 Å². The second-order valence-electron chi connectivity index (χ2n) is 7.95. The van der Waals surface area contributed by atoms with Crippen molar-refractivity contribution in [2.24, 2.45) is 0 Å². The molecule has 0 aromatic heterocycles. The fourth-order valence-corrected chi connectivity index (χ4v) is 8.72. The maximum atomic E-state index is 2.44. The van der Waals surface area contributed by atoms with Crippen LogP contribution in [0, 0.1) is 0 Å². The molecule has 160 valence electrons. The first-order valence-electron chi connectivity index (χ1n) is 11.0. The molecule has 0 radical (unpaired) electrons. The van der Waals surface area contributed by atoms with Gasteiger partial charge in [-0.3, -0.25) is 0 Å². The van der Waals surface area contributed by atoms with Gasteiger partial charge in [0.25, 0.3) is 0 Å². The van der Waals surface area contributed by atoms with E-state index in [9.17, 15) is 0 Å². The summed E-state index contributed by atoms with van der Waals surface area (Å²) in [7, 11) is 0. The fraction of sp³-hybridized carbons (Fsp3) is 0.286. The van der Waals surface area contributed by atoms with Crippen LogP contribution in [0.4, 0.5) is 0 Å². The fourth-order valence-electron chi connectivity index (χ4n) is 4.77. The molecule has 31 heavy (non-hydrogen) atoms. The van der Waals surface area contributed by atoms with Crippen LogP contribution in [0.15, 0.2) is 103 Å². The van der Waals surface area contributed by atoms with Crippen molar-refractivity contribution in [2.45, 2.75) is 51.4 Å². The van der Waals surface area contributed by atoms with E-state index in [1.54, 1.807) is 17.7 Å². The van der Waals surface area contributed by atoms with Gasteiger partial charge in [0.15, 0.2) is 0 Å². The Labute approximate surface area is 212 Å². The molecule has 0 aliphatic heterocycles. The number of allylic oxidation sites excluding steroid dienone is 8. The molecular formula is C28H30Cl2Zr. The number of hydrogen-bond acceptors (Lipinski definition) is 0. The molecule has 0 saturated carbocycles. The molecule has 2 aliphatic carbocycles. The molecule has 2 aromatic carbocycles. The summed E-state index contributed by atoms with van der Waals surface area (Å²) < 4.78 is 3.59. The van der Waals surface area contributed by atoms with Crippen LogP contribution >= 0.6 is 0 Å². The zero-order valence-corrected chi connectivity index (χ0v) is 22.3. The van der Waals surface area contributed by atoms with E-state index >= 15 is 0 Å². The van der Waals surface area contributed by atoms with Crippen molar-refractivity contribution in [3.63, 3.8) is 0 Å². The summed E-state index contributed by atoms with van der Waals surface area (Å²) in [6, 6.07) is 22.2. The molecule has 3 heteroatoms. The van der Waals surface area contributed by atoms with E-state index in [0.29, 0.717) is 11.8 Å². The molecule has 0 saturated heterocycles. The largest absolute Gasteiger partial charge is 1.00 e. The van der Waals surface area contributed by atoms with Crippen LogP contribution < -0.4 is 24.8 Å². The normalized spacial score (nSPS) is 16.6. The van der Waals surface area contributed by atoms with Crippen molar-refractivity contribution in [2.75, 3.05) is 0 Å². The van der Waals surface area contributed by atoms with E-state index in [0.717, 1.165) is 0 Å². The molecule has 4 rings (SSSR count). The molecule has 0 spiro atoms. The zero-order valence-electron chi connectivity index (χ0n) is 18.3. The Balaban J connectivity index is 0.00000171. The van der Waals surface area contributed by atoms with Gasteiger partial charge in [0.2, 0.25) is 0 Å². The van der Waals surface area contributed by atoms with Crippen LogP contribution in [0.2, 0.25) is 0 Å². The smallest absolute Gasteiger partial charge is 1.00 e. The van der Waals surface area contributed by atoms with Gasteiger partial charge in [-0.05, 0) is 0 Å². The molecule has 0 N–H and O–H groups in total. The topological polar surface area (TPSA) is 0 Å². The van der Waals surface area contributed by atoms with Gasteiger partial charge >= 0.3 is 188 Å². The number of benzene rings is 2. The van der Waals surface area contributed by atoms with Crippen LogP contribution in [0.1, 0.15) is 62.5 Å². The zero-order chi connectivity index (χ0) is 20.1. The van der Waals surface area contributed by atoms with Gasteiger partial charge in [0, 0.05) is 0 Å². The van der Waals surface area contributed by atoms with Gasteiger partial charge in [-0.2, -0.15) is 0 Å². The molecule has 2 unspecified atom stereocenters. The average molecular weight is 529 g/mol. The SMILES string of the molecule is CCC(C1=[C]([Zr+2][C]2=C(C(CC)c3ccccc3)C=CC2)CC=C1)c1ccccc1.[Cl-].[Cl-]. The summed E-state index contributed by atoms with van der Waals surface area (Å²) in [6.07, 6.45) is 14.4. The molecule has 0 amide bonds. The number of rotatable bonds is 8. The summed E-state index contributed by atoms with van der Waals surface area (Å²) in [5, 5.41) is 0. The van der Waals surface area contributed by atoms with E-state index in [2.05, 4.69) is 98.8 Å². The first-order chi connectivity index (χ1) is 14.3. The Hall–Kier alpha value is -1.14. The number of halogens is 2. The summed E-state index contributed by atoms with van der Waals surface area (Å²) >= 11 is -0.754. The van der Waals surface area contributed by atoms with Crippen LogP contribution in [-0.4, -0.2) is 0 Å². The molecular weight excluding hydrogens is 498 g/mol. The quantitative estimate of drug-likeness (QED) is 0.491. The van der Waals surface area contributed by atoms with Gasteiger partial charge in [-0.25, -0.2) is 0 Å². The van der Waals surface area contributed by atoms with Gasteiger partial charge in [-0.15, -0.1) is 0 Å². The van der Waals surface area contributed by atoms with E-state index in [1.165, 1.54) is 36.8 Å². The Morgan fingerprint density at radius 1 is 0.645 bits per heavy atom. The molecule has 2 aromatic rings. The third kappa shape index (κ3) is 6.01. The van der Waals surface area contributed by atoms with Crippen LogP contribution in [0.5, 0.6) is 0 Å². The maximum absolute atomic E-state index is 2.44. The Morgan fingerprint density at radius 2 is 1.03 bits per heavy atom. The summed E-state index contributed by atoms with van der Waals surface area (Å²) in [5.41, 5.74) is 6.22. The minimum absolute atomic E-state index is 0. The Kier molecular flexibility index (Phi) is 10.8. The molecule has 0 heterocycles. The monoisotopic (exact) mass is 526 g/mol. The standard InChI is InChI=1S/2C14H15.2ClH.Zr/c2*1-2-14(13-10-6-7-11-13)12-8-4-3-5-9-12;;;/h2*3-6,8-10,14H,2,7H2,1H3;2*1H;/q;;;;+2/p-2. The Morgan fingerprint density at radius 3 is 1.39 bits per heavy atom. The van der Waals surface area contributed by atoms with Gasteiger partial charge in [-0.1, -0.05) is 0 Å². The molecule has 2 atom stereocenters. The predicted molar refractivity (Wildman–Crippen MR) is 121 cm³/mol. The second kappa shape index (κ2) is 12.8. The first-order valence-corrected chi connectivity index (χ1v) is 13.4. The van der Waals surface area contributed by atoms with Crippen LogP contribution in [0.3, 0.4) is 0 Å². The minimum atomic E-state index is -0.754. The number of hydrogen-bond donors (Lipinski definition) is 0. The molecule has 0 nitrogen and oxygen atoms in total. The van der Waals surface area contributed by atoms with Crippen molar-refractivity contribution >= 4 is 0 Å². The summed E-state index contributed by atoms with van der Waals surface area (Å²) in [5.74, 6) is 1.11. The summed E-state index contributed by atoms with van der Waals surface area (Å²) in [6.45, 7) is 4.67. The van der Waals surface area contributed by atoms with Crippen molar-refractivity contribution in [1.82, 2.24) is 0 Å². The van der Waals surface area contributed by atoms with Gasteiger partial charge < -0.3 is 24.8 Å². The second-order valence-corrected chi connectivity index (χ2v) is 11.5. The van der Waals surface area contributed by atoms with Crippen molar-refractivity contribution < 1.29 is 48.0 Å². The van der Waals surface area contributed by atoms with Gasteiger partial charge in [0.05, 0.1) is 0 Å².